The molecule has 1 saturated heterocycles. The summed E-state index contributed by atoms with van der Waals surface area (Å²) in [5.74, 6) is 0.725. The summed E-state index contributed by atoms with van der Waals surface area (Å²) >= 11 is 0. The van der Waals surface area contributed by atoms with Crippen molar-refractivity contribution in [2.45, 2.75) is 52.2 Å². The molecule has 9 heteroatoms. The molecule has 0 spiro atoms. The average Bonchev–Trinajstić information content (AvgIpc) is 2.72. The van der Waals surface area contributed by atoms with Gasteiger partial charge in [0.15, 0.2) is 5.96 Å². The number of hydrogen-bond donors (Lipinski definition) is 4. The van der Waals surface area contributed by atoms with Crippen LogP contribution in [0.1, 0.15) is 39.2 Å². The van der Waals surface area contributed by atoms with Gasteiger partial charge in [-0.3, -0.25) is 4.99 Å². The highest BCUT2D eigenvalue weighted by molar-refractivity contribution is 5.89. The fourth-order valence-electron chi connectivity index (χ4n) is 3.13. The molecule has 1 aromatic carbocycles. The first-order valence-corrected chi connectivity index (χ1v) is 10.5. The molecule has 0 unspecified atom stereocenters. The molecule has 3 amide bonds. The lowest BCUT2D eigenvalue weighted by Crippen LogP contribution is -2.49. The van der Waals surface area contributed by atoms with E-state index in [4.69, 9.17) is 4.74 Å². The van der Waals surface area contributed by atoms with Crippen molar-refractivity contribution >= 4 is 23.8 Å². The Kier molecular flexibility index (Phi) is 9.24. The van der Waals surface area contributed by atoms with Crippen molar-refractivity contribution in [1.82, 2.24) is 20.9 Å². The zero-order valence-corrected chi connectivity index (χ0v) is 18.3. The quantitative estimate of drug-likeness (QED) is 0.419. The summed E-state index contributed by atoms with van der Waals surface area (Å²) in [5, 5.41) is 12.3. The van der Waals surface area contributed by atoms with Crippen LogP contribution in [-0.2, 0) is 11.3 Å². The lowest BCUT2D eigenvalue weighted by molar-refractivity contribution is 0.0963. The Morgan fingerprint density at radius 2 is 1.87 bits per heavy atom. The Hall–Kier alpha value is -2.97. The maximum Gasteiger partial charge on any atom is 0.409 e. The fourth-order valence-corrected chi connectivity index (χ4v) is 3.13. The molecular formula is C21H34N6O3. The Balaban J connectivity index is 1.75. The Labute approximate surface area is 178 Å². The van der Waals surface area contributed by atoms with Gasteiger partial charge in [-0.2, -0.15) is 0 Å². The maximum atomic E-state index is 11.8. The highest BCUT2D eigenvalue weighted by Gasteiger charge is 2.24. The fraction of sp³-hybridized carbons (Fsp3) is 0.571. The second-order valence-electron chi connectivity index (χ2n) is 7.48. The number of rotatable bonds is 6. The summed E-state index contributed by atoms with van der Waals surface area (Å²) in [4.78, 5) is 29.6. The number of guanidine groups is 1. The van der Waals surface area contributed by atoms with Crippen molar-refractivity contribution in [3.8, 4) is 0 Å². The normalized spacial score (nSPS) is 15.0. The van der Waals surface area contributed by atoms with E-state index >= 15 is 0 Å². The number of hydrogen-bond acceptors (Lipinski definition) is 4. The third kappa shape index (κ3) is 7.81. The standard InChI is InChI=1S/C21H34N6O3/c1-5-30-21(29)27-12-10-18(11-13-27)25-19(22-4)23-14-16-6-8-17(9-7-16)26-20(28)24-15(2)3/h6-9,15,18H,5,10-14H2,1-4H3,(H2,22,23,25)(H2,24,26,28). The van der Waals surface area contributed by atoms with Crippen LogP contribution >= 0.6 is 0 Å². The molecule has 0 aromatic heterocycles. The van der Waals surface area contributed by atoms with Gasteiger partial charge in [0.1, 0.15) is 0 Å². The first kappa shape index (κ1) is 23.3. The van der Waals surface area contributed by atoms with Gasteiger partial charge in [-0.1, -0.05) is 12.1 Å². The molecule has 1 aromatic rings. The molecule has 2 rings (SSSR count). The number of nitrogens with zero attached hydrogens (tertiary/aromatic N) is 2. The molecule has 4 N–H and O–H groups in total. The van der Waals surface area contributed by atoms with Gasteiger partial charge in [0.25, 0.3) is 0 Å². The largest absolute Gasteiger partial charge is 0.450 e. The molecule has 30 heavy (non-hydrogen) atoms. The third-order valence-corrected chi connectivity index (χ3v) is 4.68. The van der Waals surface area contributed by atoms with Crippen LogP contribution in [0.15, 0.2) is 29.3 Å². The lowest BCUT2D eigenvalue weighted by Gasteiger charge is -2.32. The smallest absolute Gasteiger partial charge is 0.409 e. The van der Waals surface area contributed by atoms with E-state index in [2.05, 4.69) is 26.3 Å². The van der Waals surface area contributed by atoms with E-state index < -0.39 is 0 Å². The summed E-state index contributed by atoms with van der Waals surface area (Å²) in [5.41, 5.74) is 1.82. The molecule has 0 atom stereocenters. The van der Waals surface area contributed by atoms with Crippen LogP contribution < -0.4 is 21.3 Å². The molecule has 1 fully saturated rings. The minimum atomic E-state index is -0.238. The van der Waals surface area contributed by atoms with Gasteiger partial charge in [-0.05, 0) is 51.3 Å². The first-order valence-electron chi connectivity index (χ1n) is 10.5. The van der Waals surface area contributed by atoms with Gasteiger partial charge in [0.05, 0.1) is 6.61 Å². The number of anilines is 1. The van der Waals surface area contributed by atoms with E-state index in [1.54, 1.807) is 11.9 Å². The molecule has 9 nitrogen and oxygen atoms in total. The van der Waals surface area contributed by atoms with Crippen LogP contribution in [0.5, 0.6) is 0 Å². The number of aliphatic imine (C=N–C) groups is 1. The summed E-state index contributed by atoms with van der Waals surface area (Å²) in [6, 6.07) is 7.80. The van der Waals surface area contributed by atoms with E-state index in [0.29, 0.717) is 26.2 Å². The Morgan fingerprint density at radius 1 is 1.20 bits per heavy atom. The van der Waals surface area contributed by atoms with Crippen molar-refractivity contribution in [3.05, 3.63) is 29.8 Å². The lowest BCUT2D eigenvalue weighted by atomic mass is 10.1. The predicted octanol–water partition coefficient (Wildman–Crippen LogP) is 2.50. The molecule has 1 heterocycles. The number of likely N-dealkylation sites (tertiary alicyclic amines) is 1. The highest BCUT2D eigenvalue weighted by atomic mass is 16.6. The van der Waals surface area contributed by atoms with Crippen molar-refractivity contribution < 1.29 is 14.3 Å². The molecule has 0 radical (unpaired) electrons. The van der Waals surface area contributed by atoms with E-state index in [1.807, 2.05) is 45.0 Å². The van der Waals surface area contributed by atoms with Crippen LogP contribution in [0.4, 0.5) is 15.3 Å². The van der Waals surface area contributed by atoms with Gasteiger partial charge < -0.3 is 30.9 Å². The van der Waals surface area contributed by atoms with Crippen LogP contribution in [0, 0.1) is 0 Å². The number of piperidine rings is 1. The highest BCUT2D eigenvalue weighted by Crippen LogP contribution is 2.12. The van der Waals surface area contributed by atoms with Crippen molar-refractivity contribution in [1.29, 1.82) is 0 Å². The van der Waals surface area contributed by atoms with Gasteiger partial charge in [-0.15, -0.1) is 0 Å². The van der Waals surface area contributed by atoms with Gasteiger partial charge >= 0.3 is 12.1 Å². The van der Waals surface area contributed by atoms with E-state index in [0.717, 1.165) is 30.1 Å². The third-order valence-electron chi connectivity index (χ3n) is 4.68. The number of urea groups is 1. The Bertz CT molecular complexity index is 712. The summed E-state index contributed by atoms with van der Waals surface area (Å²) in [6.07, 6.45) is 1.45. The van der Waals surface area contributed by atoms with E-state index in [-0.39, 0.29) is 24.2 Å². The topological polar surface area (TPSA) is 107 Å². The maximum absolute atomic E-state index is 11.8. The summed E-state index contributed by atoms with van der Waals surface area (Å²) in [7, 11) is 1.74. The predicted molar refractivity (Wildman–Crippen MR) is 119 cm³/mol. The minimum Gasteiger partial charge on any atom is -0.450 e. The molecular weight excluding hydrogens is 384 g/mol. The molecule has 0 bridgehead atoms. The second-order valence-corrected chi connectivity index (χ2v) is 7.48. The van der Waals surface area contributed by atoms with Gasteiger partial charge in [0, 0.05) is 44.5 Å². The van der Waals surface area contributed by atoms with Crippen molar-refractivity contribution in [3.63, 3.8) is 0 Å². The SMILES string of the molecule is CCOC(=O)N1CCC(NC(=NC)NCc2ccc(NC(=O)NC(C)C)cc2)CC1. The Morgan fingerprint density at radius 3 is 2.43 bits per heavy atom. The van der Waals surface area contributed by atoms with Gasteiger partial charge in [-0.25, -0.2) is 9.59 Å². The van der Waals surface area contributed by atoms with E-state index in [1.165, 1.54) is 0 Å². The number of carbonyl (C=O) groups excluding carboxylic acids is 2. The number of benzene rings is 1. The summed E-state index contributed by atoms with van der Waals surface area (Å²) in [6.45, 7) is 8.00. The number of amides is 3. The van der Waals surface area contributed by atoms with Crippen molar-refractivity contribution in [2.24, 2.45) is 4.99 Å². The molecule has 166 valence electrons. The number of ether oxygens (including phenoxy) is 1. The second kappa shape index (κ2) is 11.9. The molecule has 0 saturated carbocycles. The van der Waals surface area contributed by atoms with Gasteiger partial charge in [0.2, 0.25) is 0 Å². The zero-order valence-electron chi connectivity index (χ0n) is 18.3. The monoisotopic (exact) mass is 418 g/mol. The molecule has 1 aliphatic rings. The minimum absolute atomic E-state index is 0.0881. The van der Waals surface area contributed by atoms with Crippen LogP contribution in [0.3, 0.4) is 0 Å². The average molecular weight is 419 g/mol. The van der Waals surface area contributed by atoms with Crippen LogP contribution in [0.2, 0.25) is 0 Å². The summed E-state index contributed by atoms with van der Waals surface area (Å²) < 4.78 is 5.06. The number of nitrogens with one attached hydrogen (secondary N) is 4. The van der Waals surface area contributed by atoms with Crippen LogP contribution in [0.25, 0.3) is 0 Å². The molecule has 1 aliphatic heterocycles. The molecule has 0 aliphatic carbocycles. The zero-order chi connectivity index (χ0) is 21.9. The van der Waals surface area contributed by atoms with Crippen LogP contribution in [-0.4, -0.2) is 61.8 Å². The van der Waals surface area contributed by atoms with E-state index in [9.17, 15) is 9.59 Å². The van der Waals surface area contributed by atoms with Crippen molar-refractivity contribution in [2.75, 3.05) is 32.1 Å². The number of carbonyl (C=O) groups is 2. The first-order chi connectivity index (χ1) is 14.4.